The molecular weight excluding hydrogens is 300 g/mol. The van der Waals surface area contributed by atoms with Gasteiger partial charge in [0.15, 0.2) is 0 Å². The summed E-state index contributed by atoms with van der Waals surface area (Å²) >= 11 is 0. The Labute approximate surface area is 134 Å². The quantitative estimate of drug-likeness (QED) is 0.879. The predicted molar refractivity (Wildman–Crippen MR) is 83.9 cm³/mol. The summed E-state index contributed by atoms with van der Waals surface area (Å²) in [5.74, 6) is -2.07. The minimum atomic E-state index is -0.775. The molecular formula is C18H19F2NO2. The first-order valence-electron chi connectivity index (χ1n) is 7.38. The van der Waals surface area contributed by atoms with E-state index in [-0.39, 0.29) is 18.2 Å². The van der Waals surface area contributed by atoms with Crippen LogP contribution in [-0.2, 0) is 17.9 Å². The first kappa shape index (κ1) is 17.1. The molecule has 0 fully saturated rings. The molecule has 0 aliphatic carbocycles. The first-order valence-corrected chi connectivity index (χ1v) is 7.38. The summed E-state index contributed by atoms with van der Waals surface area (Å²) in [6, 6.07) is 10.4. The molecule has 2 aromatic rings. The number of amides is 1. The number of halogens is 2. The summed E-state index contributed by atoms with van der Waals surface area (Å²) in [7, 11) is 0. The molecule has 0 radical (unpaired) electrons. The van der Waals surface area contributed by atoms with Gasteiger partial charge in [-0.05, 0) is 37.1 Å². The number of carbonyl (C=O) groups excluding carboxylic acids is 1. The van der Waals surface area contributed by atoms with Crippen molar-refractivity contribution in [1.82, 2.24) is 5.32 Å². The Morgan fingerprint density at radius 2 is 1.74 bits per heavy atom. The molecule has 0 aliphatic heterocycles. The Balaban J connectivity index is 1.97. The molecule has 122 valence electrons. The van der Waals surface area contributed by atoms with Crippen LogP contribution in [0, 0.1) is 11.6 Å². The molecule has 0 aromatic heterocycles. The lowest BCUT2D eigenvalue weighted by molar-refractivity contribution is 0.0657. The largest absolute Gasteiger partial charge is 0.374 e. The molecule has 0 atom stereocenters. The van der Waals surface area contributed by atoms with E-state index in [1.807, 2.05) is 38.1 Å². The summed E-state index contributed by atoms with van der Waals surface area (Å²) < 4.78 is 31.8. The highest BCUT2D eigenvalue weighted by molar-refractivity contribution is 5.94. The maximum Gasteiger partial charge on any atom is 0.251 e. The zero-order valence-electron chi connectivity index (χ0n) is 13.1. The van der Waals surface area contributed by atoms with Crippen molar-refractivity contribution in [2.24, 2.45) is 0 Å². The zero-order valence-corrected chi connectivity index (χ0v) is 13.1. The molecule has 5 heteroatoms. The van der Waals surface area contributed by atoms with E-state index in [1.54, 1.807) is 0 Å². The van der Waals surface area contributed by atoms with E-state index in [9.17, 15) is 13.6 Å². The van der Waals surface area contributed by atoms with Crippen LogP contribution in [0.2, 0.25) is 0 Å². The molecule has 0 bridgehead atoms. The highest BCUT2D eigenvalue weighted by Gasteiger charge is 2.09. The topological polar surface area (TPSA) is 38.3 Å². The summed E-state index contributed by atoms with van der Waals surface area (Å²) in [4.78, 5) is 12.0. The van der Waals surface area contributed by atoms with E-state index in [2.05, 4.69) is 5.32 Å². The maximum atomic E-state index is 13.1. The summed E-state index contributed by atoms with van der Waals surface area (Å²) in [6.45, 7) is 4.69. The monoisotopic (exact) mass is 319 g/mol. The third-order valence-electron chi connectivity index (χ3n) is 3.15. The van der Waals surface area contributed by atoms with E-state index < -0.39 is 17.5 Å². The van der Waals surface area contributed by atoms with Crippen LogP contribution in [0.4, 0.5) is 8.78 Å². The second-order valence-electron chi connectivity index (χ2n) is 5.52. The van der Waals surface area contributed by atoms with Gasteiger partial charge in [-0.3, -0.25) is 4.79 Å². The molecule has 0 saturated carbocycles. The second-order valence-corrected chi connectivity index (χ2v) is 5.52. The third-order valence-corrected chi connectivity index (χ3v) is 3.15. The Morgan fingerprint density at radius 1 is 1.09 bits per heavy atom. The SMILES string of the molecule is CC(C)OCc1cccc(CNC(=O)c2cc(F)cc(F)c2)c1. The standard InChI is InChI=1S/C18H19F2NO2/c1-12(2)23-11-14-5-3-4-13(6-14)10-21-18(22)15-7-16(19)9-17(20)8-15/h3-9,12H,10-11H2,1-2H3,(H,21,22). The molecule has 3 nitrogen and oxygen atoms in total. The summed E-state index contributed by atoms with van der Waals surface area (Å²) in [6.07, 6.45) is 0.140. The van der Waals surface area contributed by atoms with Gasteiger partial charge < -0.3 is 10.1 Å². The average Bonchev–Trinajstić information content (AvgIpc) is 2.50. The fraction of sp³-hybridized carbons (Fsp3) is 0.278. The molecule has 2 aromatic carbocycles. The number of carbonyl (C=O) groups is 1. The number of nitrogens with one attached hydrogen (secondary N) is 1. The Morgan fingerprint density at radius 3 is 2.39 bits per heavy atom. The fourth-order valence-corrected chi connectivity index (χ4v) is 2.06. The van der Waals surface area contributed by atoms with E-state index in [1.165, 1.54) is 0 Å². The molecule has 1 N–H and O–H groups in total. The average molecular weight is 319 g/mol. The van der Waals surface area contributed by atoms with Crippen molar-refractivity contribution in [2.45, 2.75) is 33.1 Å². The van der Waals surface area contributed by atoms with Crippen molar-refractivity contribution >= 4 is 5.91 Å². The number of benzene rings is 2. The van der Waals surface area contributed by atoms with Gasteiger partial charge in [-0.15, -0.1) is 0 Å². The third kappa shape index (κ3) is 5.45. The van der Waals surface area contributed by atoms with Gasteiger partial charge in [0.2, 0.25) is 0 Å². The highest BCUT2D eigenvalue weighted by Crippen LogP contribution is 2.10. The number of hydrogen-bond donors (Lipinski definition) is 1. The lowest BCUT2D eigenvalue weighted by atomic mass is 10.1. The van der Waals surface area contributed by atoms with E-state index in [0.717, 1.165) is 29.3 Å². The van der Waals surface area contributed by atoms with Crippen LogP contribution in [0.15, 0.2) is 42.5 Å². The van der Waals surface area contributed by atoms with Crippen molar-refractivity contribution in [3.8, 4) is 0 Å². The molecule has 0 unspecified atom stereocenters. The molecule has 2 rings (SSSR count). The Kier molecular flexibility index (Phi) is 5.82. The van der Waals surface area contributed by atoms with Gasteiger partial charge in [-0.1, -0.05) is 24.3 Å². The van der Waals surface area contributed by atoms with Gasteiger partial charge >= 0.3 is 0 Å². The lowest BCUT2D eigenvalue weighted by Gasteiger charge is -2.10. The van der Waals surface area contributed by atoms with Crippen LogP contribution in [0.3, 0.4) is 0 Å². The van der Waals surface area contributed by atoms with E-state index in [0.29, 0.717) is 6.61 Å². The van der Waals surface area contributed by atoms with Crippen LogP contribution in [0.1, 0.15) is 35.3 Å². The van der Waals surface area contributed by atoms with Crippen LogP contribution >= 0.6 is 0 Å². The second kappa shape index (κ2) is 7.83. The minimum absolute atomic E-state index is 0.0400. The molecule has 0 aliphatic rings. The van der Waals surface area contributed by atoms with Gasteiger partial charge in [-0.25, -0.2) is 8.78 Å². The summed E-state index contributed by atoms with van der Waals surface area (Å²) in [5, 5.41) is 2.65. The highest BCUT2D eigenvalue weighted by atomic mass is 19.1. The lowest BCUT2D eigenvalue weighted by Crippen LogP contribution is -2.23. The molecule has 23 heavy (non-hydrogen) atoms. The Hall–Kier alpha value is -2.27. The molecule has 0 saturated heterocycles. The van der Waals surface area contributed by atoms with Crippen molar-refractivity contribution in [2.75, 3.05) is 0 Å². The van der Waals surface area contributed by atoms with Crippen molar-refractivity contribution in [1.29, 1.82) is 0 Å². The van der Waals surface area contributed by atoms with Crippen molar-refractivity contribution in [3.63, 3.8) is 0 Å². The van der Waals surface area contributed by atoms with Gasteiger partial charge in [0.25, 0.3) is 5.91 Å². The summed E-state index contributed by atoms with van der Waals surface area (Å²) in [5.41, 5.74) is 1.85. The number of hydrogen-bond acceptors (Lipinski definition) is 2. The van der Waals surface area contributed by atoms with E-state index >= 15 is 0 Å². The minimum Gasteiger partial charge on any atom is -0.374 e. The van der Waals surface area contributed by atoms with Crippen molar-refractivity contribution in [3.05, 3.63) is 70.8 Å². The number of rotatable bonds is 6. The zero-order chi connectivity index (χ0) is 16.8. The Bertz CT molecular complexity index is 666. The first-order chi connectivity index (χ1) is 10.9. The normalized spacial score (nSPS) is 10.8. The van der Waals surface area contributed by atoms with Gasteiger partial charge in [0.05, 0.1) is 12.7 Å². The van der Waals surface area contributed by atoms with Crippen LogP contribution in [0.5, 0.6) is 0 Å². The predicted octanol–water partition coefficient (Wildman–Crippen LogP) is 3.82. The number of ether oxygens (including phenoxy) is 1. The van der Waals surface area contributed by atoms with Crippen LogP contribution in [0.25, 0.3) is 0 Å². The van der Waals surface area contributed by atoms with Gasteiger partial charge in [-0.2, -0.15) is 0 Å². The smallest absolute Gasteiger partial charge is 0.251 e. The maximum absolute atomic E-state index is 13.1. The van der Waals surface area contributed by atoms with Crippen molar-refractivity contribution < 1.29 is 18.3 Å². The molecule has 0 heterocycles. The van der Waals surface area contributed by atoms with Crippen LogP contribution in [-0.4, -0.2) is 12.0 Å². The van der Waals surface area contributed by atoms with Gasteiger partial charge in [0.1, 0.15) is 11.6 Å². The van der Waals surface area contributed by atoms with Gasteiger partial charge in [0, 0.05) is 18.2 Å². The van der Waals surface area contributed by atoms with Crippen LogP contribution < -0.4 is 5.32 Å². The van der Waals surface area contributed by atoms with E-state index in [4.69, 9.17) is 4.74 Å². The molecule has 1 amide bonds. The molecule has 0 spiro atoms. The fourth-order valence-electron chi connectivity index (χ4n) is 2.06.